The van der Waals surface area contributed by atoms with Crippen LogP contribution in [0.3, 0.4) is 0 Å². The van der Waals surface area contributed by atoms with Gasteiger partial charge >= 0.3 is 0 Å². The normalized spacial score (nSPS) is 12.9. The van der Waals surface area contributed by atoms with E-state index in [1.54, 1.807) is 11.3 Å². The highest BCUT2D eigenvalue weighted by molar-refractivity contribution is 7.09. The minimum absolute atomic E-state index is 0.234. The first-order chi connectivity index (χ1) is 9.52. The van der Waals surface area contributed by atoms with Crippen LogP contribution in [0.1, 0.15) is 33.4 Å². The van der Waals surface area contributed by atoms with Crippen molar-refractivity contribution in [2.45, 2.75) is 33.4 Å². The quantitative estimate of drug-likeness (QED) is 0.919. The van der Waals surface area contributed by atoms with Crippen LogP contribution in [-0.4, -0.2) is 23.5 Å². The number of hydrogen-bond donors (Lipinski definition) is 1. The SMILES string of the molecule is Cc1nc(CN(C)C(CN)c2c(C)cccc2C)cs1. The summed E-state index contributed by atoms with van der Waals surface area (Å²) in [4.78, 5) is 6.84. The molecular weight excluding hydrogens is 266 g/mol. The van der Waals surface area contributed by atoms with Gasteiger partial charge < -0.3 is 5.73 Å². The fourth-order valence-electron chi connectivity index (χ4n) is 2.72. The Labute approximate surface area is 125 Å². The fraction of sp³-hybridized carbons (Fsp3) is 0.438. The van der Waals surface area contributed by atoms with Crippen molar-refractivity contribution in [1.82, 2.24) is 9.88 Å². The highest BCUT2D eigenvalue weighted by Gasteiger charge is 2.20. The summed E-state index contributed by atoms with van der Waals surface area (Å²) in [7, 11) is 2.12. The van der Waals surface area contributed by atoms with Gasteiger partial charge in [-0.05, 0) is 44.5 Å². The van der Waals surface area contributed by atoms with Crippen LogP contribution >= 0.6 is 11.3 Å². The van der Waals surface area contributed by atoms with Crippen LogP contribution in [0.5, 0.6) is 0 Å². The van der Waals surface area contributed by atoms with E-state index >= 15 is 0 Å². The Morgan fingerprint density at radius 2 is 1.90 bits per heavy atom. The number of likely N-dealkylation sites (N-methyl/N-ethyl adjacent to an activating group) is 1. The third-order valence-electron chi connectivity index (χ3n) is 3.71. The lowest BCUT2D eigenvalue weighted by atomic mass is 9.95. The smallest absolute Gasteiger partial charge is 0.0897 e. The second kappa shape index (κ2) is 6.48. The molecule has 0 radical (unpaired) electrons. The summed E-state index contributed by atoms with van der Waals surface area (Å²) < 4.78 is 0. The molecule has 3 nitrogen and oxygen atoms in total. The van der Waals surface area contributed by atoms with Crippen molar-refractivity contribution in [2.75, 3.05) is 13.6 Å². The molecule has 2 N–H and O–H groups in total. The molecule has 1 aromatic carbocycles. The zero-order valence-electron chi connectivity index (χ0n) is 12.7. The van der Waals surface area contributed by atoms with E-state index in [2.05, 4.69) is 54.4 Å². The fourth-order valence-corrected chi connectivity index (χ4v) is 3.32. The summed E-state index contributed by atoms with van der Waals surface area (Å²) in [6, 6.07) is 6.65. The Morgan fingerprint density at radius 3 is 2.40 bits per heavy atom. The monoisotopic (exact) mass is 289 g/mol. The van der Waals surface area contributed by atoms with Crippen molar-refractivity contribution < 1.29 is 0 Å². The van der Waals surface area contributed by atoms with Gasteiger partial charge in [0.2, 0.25) is 0 Å². The molecule has 2 aromatic rings. The third kappa shape index (κ3) is 3.26. The highest BCUT2D eigenvalue weighted by atomic mass is 32.1. The standard InChI is InChI=1S/C16H23N3S/c1-11-6-5-7-12(2)16(11)15(8-17)19(4)9-14-10-20-13(3)18-14/h5-7,10,15H,8-9,17H2,1-4H3. The number of nitrogens with zero attached hydrogens (tertiary/aromatic N) is 2. The van der Waals surface area contributed by atoms with E-state index in [0.29, 0.717) is 6.54 Å². The number of thiazole rings is 1. The Bertz CT molecular complexity index is 557. The molecule has 0 spiro atoms. The number of aryl methyl sites for hydroxylation is 3. The second-order valence-electron chi connectivity index (χ2n) is 5.33. The van der Waals surface area contributed by atoms with Gasteiger partial charge in [0, 0.05) is 24.5 Å². The number of rotatable bonds is 5. The largest absolute Gasteiger partial charge is 0.329 e. The lowest BCUT2D eigenvalue weighted by Gasteiger charge is -2.29. The van der Waals surface area contributed by atoms with E-state index in [0.717, 1.165) is 17.2 Å². The summed E-state index contributed by atoms with van der Waals surface area (Å²) in [6.07, 6.45) is 0. The van der Waals surface area contributed by atoms with Crippen molar-refractivity contribution in [3.05, 3.63) is 51.0 Å². The van der Waals surface area contributed by atoms with Crippen molar-refractivity contribution >= 4 is 11.3 Å². The first-order valence-corrected chi connectivity index (χ1v) is 7.78. The molecule has 0 amide bonds. The molecule has 108 valence electrons. The van der Waals surface area contributed by atoms with Gasteiger partial charge in [-0.3, -0.25) is 4.90 Å². The van der Waals surface area contributed by atoms with E-state index in [-0.39, 0.29) is 6.04 Å². The zero-order chi connectivity index (χ0) is 14.7. The zero-order valence-corrected chi connectivity index (χ0v) is 13.5. The van der Waals surface area contributed by atoms with E-state index in [1.807, 2.05) is 6.92 Å². The van der Waals surface area contributed by atoms with Gasteiger partial charge in [0.1, 0.15) is 0 Å². The third-order valence-corrected chi connectivity index (χ3v) is 4.53. The molecule has 2 rings (SSSR count). The average molecular weight is 289 g/mol. The molecule has 0 saturated heterocycles. The Balaban J connectivity index is 2.23. The summed E-state index contributed by atoms with van der Waals surface area (Å²) in [5, 5.41) is 3.24. The van der Waals surface area contributed by atoms with Crippen molar-refractivity contribution in [2.24, 2.45) is 5.73 Å². The van der Waals surface area contributed by atoms with Crippen molar-refractivity contribution in [3.8, 4) is 0 Å². The van der Waals surface area contributed by atoms with Gasteiger partial charge in [-0.25, -0.2) is 4.98 Å². The predicted octanol–water partition coefficient (Wildman–Crippen LogP) is 3.20. The van der Waals surface area contributed by atoms with Crippen molar-refractivity contribution in [1.29, 1.82) is 0 Å². The number of nitrogens with two attached hydrogens (primary N) is 1. The second-order valence-corrected chi connectivity index (χ2v) is 6.39. The maximum absolute atomic E-state index is 6.04. The van der Waals surface area contributed by atoms with E-state index in [1.165, 1.54) is 16.7 Å². The van der Waals surface area contributed by atoms with E-state index in [9.17, 15) is 0 Å². The lowest BCUT2D eigenvalue weighted by Crippen LogP contribution is -2.31. The lowest BCUT2D eigenvalue weighted by molar-refractivity contribution is 0.238. The molecule has 0 fully saturated rings. The molecule has 0 aliphatic rings. The van der Waals surface area contributed by atoms with Gasteiger partial charge in [-0.15, -0.1) is 11.3 Å². The van der Waals surface area contributed by atoms with Crippen LogP contribution < -0.4 is 5.73 Å². The van der Waals surface area contributed by atoms with E-state index in [4.69, 9.17) is 5.73 Å². The minimum atomic E-state index is 0.234. The van der Waals surface area contributed by atoms with Gasteiger partial charge in [0.25, 0.3) is 0 Å². The molecule has 1 aromatic heterocycles. The number of hydrogen-bond acceptors (Lipinski definition) is 4. The van der Waals surface area contributed by atoms with Crippen LogP contribution in [-0.2, 0) is 6.54 Å². The predicted molar refractivity (Wildman–Crippen MR) is 86.0 cm³/mol. The van der Waals surface area contributed by atoms with Gasteiger partial charge in [-0.2, -0.15) is 0 Å². The number of aromatic nitrogens is 1. The van der Waals surface area contributed by atoms with Gasteiger partial charge in [0.05, 0.1) is 10.7 Å². The molecule has 4 heteroatoms. The molecule has 0 saturated carbocycles. The summed E-state index contributed by atoms with van der Waals surface area (Å²) in [5.41, 5.74) is 11.1. The van der Waals surface area contributed by atoms with Crippen LogP contribution in [0.15, 0.2) is 23.6 Å². The maximum atomic E-state index is 6.04. The van der Waals surface area contributed by atoms with Gasteiger partial charge in [-0.1, -0.05) is 18.2 Å². The molecule has 1 atom stereocenters. The van der Waals surface area contributed by atoms with Crippen molar-refractivity contribution in [3.63, 3.8) is 0 Å². The topological polar surface area (TPSA) is 42.2 Å². The molecule has 20 heavy (non-hydrogen) atoms. The van der Waals surface area contributed by atoms with E-state index < -0.39 is 0 Å². The van der Waals surface area contributed by atoms with Crippen LogP contribution in [0, 0.1) is 20.8 Å². The Hall–Kier alpha value is -1.23. The van der Waals surface area contributed by atoms with Crippen LogP contribution in [0.4, 0.5) is 0 Å². The molecular formula is C16H23N3S. The summed E-state index contributed by atoms with van der Waals surface area (Å²) >= 11 is 1.70. The first kappa shape index (κ1) is 15.2. The molecule has 1 heterocycles. The maximum Gasteiger partial charge on any atom is 0.0897 e. The average Bonchev–Trinajstić information content (AvgIpc) is 2.79. The first-order valence-electron chi connectivity index (χ1n) is 6.90. The Morgan fingerprint density at radius 1 is 1.25 bits per heavy atom. The minimum Gasteiger partial charge on any atom is -0.329 e. The number of benzene rings is 1. The van der Waals surface area contributed by atoms with Crippen LogP contribution in [0.2, 0.25) is 0 Å². The van der Waals surface area contributed by atoms with Gasteiger partial charge in [0.15, 0.2) is 0 Å². The molecule has 0 bridgehead atoms. The highest BCUT2D eigenvalue weighted by Crippen LogP contribution is 2.26. The summed E-state index contributed by atoms with van der Waals surface area (Å²) in [5.74, 6) is 0. The molecule has 1 unspecified atom stereocenters. The molecule has 0 aliphatic carbocycles. The summed E-state index contributed by atoms with van der Waals surface area (Å²) in [6.45, 7) is 7.81. The Kier molecular flexibility index (Phi) is 4.91. The van der Waals surface area contributed by atoms with Crippen LogP contribution in [0.25, 0.3) is 0 Å². The molecule has 0 aliphatic heterocycles.